The van der Waals surface area contributed by atoms with Gasteiger partial charge in [0.1, 0.15) is 22.7 Å². The second-order valence-corrected chi connectivity index (χ2v) is 5.39. The molecule has 1 unspecified atom stereocenters. The normalized spacial score (nSPS) is 12.3. The molecule has 0 saturated heterocycles. The Bertz CT molecular complexity index is 662. The lowest BCUT2D eigenvalue weighted by atomic mass is 10.2. The minimum atomic E-state index is -4.19. The molecule has 4 N–H and O–H groups in total. The molecule has 20 heavy (non-hydrogen) atoms. The zero-order chi connectivity index (χ0) is 15.3. The van der Waals surface area contributed by atoms with Crippen molar-refractivity contribution >= 4 is 21.9 Å². The summed E-state index contributed by atoms with van der Waals surface area (Å²) >= 11 is 0. The van der Waals surface area contributed by atoms with Crippen LogP contribution >= 0.6 is 0 Å². The Balaban J connectivity index is 3.00. The van der Waals surface area contributed by atoms with Crippen molar-refractivity contribution in [2.75, 3.05) is 0 Å². The summed E-state index contributed by atoms with van der Waals surface area (Å²) in [6.45, 7) is 0. The molecule has 10 heteroatoms. The maximum atomic E-state index is 11.9. The van der Waals surface area contributed by atoms with Crippen LogP contribution in [0, 0.1) is 11.3 Å². The fourth-order valence-electron chi connectivity index (χ4n) is 1.24. The third-order valence-electron chi connectivity index (χ3n) is 2.16. The zero-order valence-corrected chi connectivity index (χ0v) is 10.8. The van der Waals surface area contributed by atoms with Gasteiger partial charge < -0.3 is 10.8 Å². The van der Waals surface area contributed by atoms with Crippen molar-refractivity contribution in [2.45, 2.75) is 17.4 Å². The number of rotatable bonds is 6. The first-order chi connectivity index (χ1) is 9.26. The summed E-state index contributed by atoms with van der Waals surface area (Å²) in [6, 6.07) is 2.30. The Morgan fingerprint density at radius 1 is 1.50 bits per heavy atom. The summed E-state index contributed by atoms with van der Waals surface area (Å²) in [7, 11) is -4.19. The van der Waals surface area contributed by atoms with Crippen LogP contribution in [0.25, 0.3) is 0 Å². The highest BCUT2D eigenvalue weighted by Crippen LogP contribution is 2.09. The highest BCUT2D eigenvalue weighted by molar-refractivity contribution is 7.89. The predicted molar refractivity (Wildman–Crippen MR) is 64.5 cm³/mol. The van der Waals surface area contributed by atoms with Crippen molar-refractivity contribution in [3.8, 4) is 6.07 Å². The number of carbonyl (C=O) groups is 2. The number of nitrogens with two attached hydrogens (primary N) is 1. The number of nitrogens with zero attached hydrogens (tertiary/aromatic N) is 2. The fourth-order valence-corrected chi connectivity index (χ4v) is 2.37. The van der Waals surface area contributed by atoms with E-state index >= 15 is 0 Å². The molecule has 1 aromatic rings. The van der Waals surface area contributed by atoms with E-state index in [1.165, 1.54) is 6.07 Å². The van der Waals surface area contributed by atoms with E-state index in [4.69, 9.17) is 16.1 Å². The lowest BCUT2D eigenvalue weighted by Crippen LogP contribution is -2.43. The van der Waals surface area contributed by atoms with E-state index in [0.29, 0.717) is 0 Å². The number of hydrogen-bond donors (Lipinski definition) is 3. The van der Waals surface area contributed by atoms with Crippen LogP contribution in [-0.2, 0) is 19.6 Å². The minimum Gasteiger partial charge on any atom is -0.480 e. The monoisotopic (exact) mass is 298 g/mol. The maximum Gasteiger partial charge on any atom is 0.322 e. The molecule has 1 amide bonds. The summed E-state index contributed by atoms with van der Waals surface area (Å²) in [6.07, 6.45) is 0.225. The fraction of sp³-hybridized carbons (Fsp3) is 0.200. The number of nitriles is 1. The van der Waals surface area contributed by atoms with Gasteiger partial charge in [-0.2, -0.15) is 9.98 Å². The van der Waals surface area contributed by atoms with E-state index in [1.807, 2.05) is 4.72 Å². The number of carboxylic acids is 1. The molecule has 0 radical (unpaired) electrons. The van der Waals surface area contributed by atoms with Gasteiger partial charge in [-0.15, -0.1) is 0 Å². The van der Waals surface area contributed by atoms with Crippen LogP contribution in [0.3, 0.4) is 0 Å². The lowest BCUT2D eigenvalue weighted by Gasteiger charge is -2.12. The molecule has 1 heterocycles. The molecule has 0 bridgehead atoms. The van der Waals surface area contributed by atoms with Crippen LogP contribution in [0.1, 0.15) is 12.1 Å². The number of hydrogen-bond acceptors (Lipinski definition) is 6. The first-order valence-corrected chi connectivity index (χ1v) is 6.64. The number of pyridine rings is 1. The van der Waals surface area contributed by atoms with E-state index in [-0.39, 0.29) is 10.6 Å². The zero-order valence-electron chi connectivity index (χ0n) is 9.98. The number of primary amides is 1. The van der Waals surface area contributed by atoms with Gasteiger partial charge >= 0.3 is 5.97 Å². The Morgan fingerprint density at radius 3 is 2.55 bits per heavy atom. The number of aromatic nitrogens is 1. The predicted octanol–water partition coefficient (Wildman–Crippen LogP) is -1.44. The Labute approximate surface area is 114 Å². The molecule has 1 rings (SSSR count). The number of sulfonamides is 1. The maximum absolute atomic E-state index is 11.9. The van der Waals surface area contributed by atoms with E-state index < -0.39 is 34.4 Å². The van der Waals surface area contributed by atoms with Crippen molar-refractivity contribution in [2.24, 2.45) is 5.73 Å². The van der Waals surface area contributed by atoms with Crippen molar-refractivity contribution in [3.63, 3.8) is 0 Å². The van der Waals surface area contributed by atoms with Gasteiger partial charge in [-0.3, -0.25) is 9.59 Å². The summed E-state index contributed by atoms with van der Waals surface area (Å²) in [5.41, 5.74) is 4.85. The second kappa shape index (κ2) is 6.09. The summed E-state index contributed by atoms with van der Waals surface area (Å²) in [5.74, 6) is -2.49. The number of aliphatic carboxylic acids is 1. The Morgan fingerprint density at radius 2 is 2.15 bits per heavy atom. The number of amides is 1. The highest BCUT2D eigenvalue weighted by Gasteiger charge is 2.27. The van der Waals surface area contributed by atoms with Crippen LogP contribution in [0.2, 0.25) is 0 Å². The molecule has 0 aromatic carbocycles. The average molecular weight is 298 g/mol. The van der Waals surface area contributed by atoms with Gasteiger partial charge in [0, 0.05) is 6.20 Å². The van der Waals surface area contributed by atoms with Crippen LogP contribution in [0.5, 0.6) is 0 Å². The highest BCUT2D eigenvalue weighted by atomic mass is 32.2. The van der Waals surface area contributed by atoms with Gasteiger partial charge in [0.2, 0.25) is 15.9 Å². The molecule has 0 aliphatic rings. The Hall–Kier alpha value is -2.51. The average Bonchev–Trinajstić information content (AvgIpc) is 2.37. The summed E-state index contributed by atoms with van der Waals surface area (Å²) < 4.78 is 25.6. The topological polar surface area (TPSA) is 163 Å². The van der Waals surface area contributed by atoms with Crippen molar-refractivity contribution in [3.05, 3.63) is 24.0 Å². The smallest absolute Gasteiger partial charge is 0.322 e. The largest absolute Gasteiger partial charge is 0.480 e. The molecular formula is C10H10N4O5S. The molecule has 0 spiro atoms. The third-order valence-corrected chi connectivity index (χ3v) is 3.62. The SMILES string of the molecule is N#Cc1ccc(S(=O)(=O)NC(CC(N)=O)C(=O)O)cn1. The van der Waals surface area contributed by atoms with E-state index in [1.54, 1.807) is 6.07 Å². The van der Waals surface area contributed by atoms with Gasteiger partial charge in [0.25, 0.3) is 0 Å². The van der Waals surface area contributed by atoms with Crippen LogP contribution < -0.4 is 10.5 Å². The van der Waals surface area contributed by atoms with Gasteiger partial charge in [0.05, 0.1) is 6.42 Å². The summed E-state index contributed by atoms with van der Waals surface area (Å²) in [4.78, 5) is 24.8. The molecule has 0 aliphatic heterocycles. The molecular weight excluding hydrogens is 288 g/mol. The van der Waals surface area contributed by atoms with Gasteiger partial charge in [-0.1, -0.05) is 0 Å². The van der Waals surface area contributed by atoms with E-state index in [9.17, 15) is 18.0 Å². The minimum absolute atomic E-state index is 0.0101. The van der Waals surface area contributed by atoms with Crippen LogP contribution in [0.4, 0.5) is 0 Å². The van der Waals surface area contributed by atoms with Gasteiger partial charge in [0.15, 0.2) is 0 Å². The first kappa shape index (κ1) is 15.5. The van der Waals surface area contributed by atoms with Crippen molar-refractivity contribution in [1.82, 2.24) is 9.71 Å². The molecule has 0 saturated carbocycles. The number of carboxylic acid groups (broad SMARTS) is 1. The van der Waals surface area contributed by atoms with Gasteiger partial charge in [-0.05, 0) is 12.1 Å². The van der Waals surface area contributed by atoms with Crippen molar-refractivity contribution < 1.29 is 23.1 Å². The molecule has 106 valence electrons. The quantitative estimate of drug-likeness (QED) is 0.578. The van der Waals surface area contributed by atoms with Crippen LogP contribution in [-0.4, -0.2) is 36.4 Å². The third kappa shape index (κ3) is 4.01. The Kier molecular flexibility index (Phi) is 4.73. The number of nitrogens with one attached hydrogen (secondary N) is 1. The first-order valence-electron chi connectivity index (χ1n) is 5.16. The lowest BCUT2D eigenvalue weighted by molar-refractivity contribution is -0.140. The van der Waals surface area contributed by atoms with Crippen molar-refractivity contribution in [1.29, 1.82) is 5.26 Å². The molecule has 1 atom stereocenters. The molecule has 0 fully saturated rings. The standard InChI is InChI=1S/C10H10N4O5S/c11-4-6-1-2-7(5-13-6)20(18,19)14-8(10(16)17)3-9(12)15/h1-2,5,8,14H,3H2,(H2,12,15)(H,16,17). The molecule has 9 nitrogen and oxygen atoms in total. The molecule has 1 aromatic heterocycles. The van der Waals surface area contributed by atoms with Crippen LogP contribution in [0.15, 0.2) is 23.2 Å². The van der Waals surface area contributed by atoms with E-state index in [0.717, 1.165) is 12.3 Å². The molecule has 0 aliphatic carbocycles. The van der Waals surface area contributed by atoms with Gasteiger partial charge in [-0.25, -0.2) is 13.4 Å². The second-order valence-electron chi connectivity index (χ2n) is 3.67. The number of carbonyl (C=O) groups excluding carboxylic acids is 1. The summed E-state index contributed by atoms with van der Waals surface area (Å²) in [5, 5.41) is 17.4. The van der Waals surface area contributed by atoms with E-state index in [2.05, 4.69) is 4.98 Å².